The third-order valence-corrected chi connectivity index (χ3v) is 5.45. The van der Waals surface area contributed by atoms with Gasteiger partial charge in [-0.2, -0.15) is 0 Å². The topological polar surface area (TPSA) is 47.0 Å². The van der Waals surface area contributed by atoms with Gasteiger partial charge < -0.3 is 4.74 Å². The number of benzene rings is 4. The van der Waals surface area contributed by atoms with Crippen LogP contribution in [0.3, 0.4) is 0 Å². The molecular formula is C28H22N2O2. The van der Waals surface area contributed by atoms with E-state index < -0.39 is 0 Å². The molecule has 4 aromatic carbocycles. The number of hydrogen-bond donors (Lipinski definition) is 1. The number of aromatic nitrogens is 2. The molecule has 0 unspecified atom stereocenters. The summed E-state index contributed by atoms with van der Waals surface area (Å²) in [5.41, 5.74) is 2.53. The molecule has 156 valence electrons. The van der Waals surface area contributed by atoms with Crippen LogP contribution in [0, 0.1) is 0 Å². The Hall–Kier alpha value is -4.31. The van der Waals surface area contributed by atoms with E-state index in [9.17, 15) is 4.79 Å². The highest BCUT2D eigenvalue weighted by atomic mass is 16.5. The fourth-order valence-corrected chi connectivity index (χ4v) is 3.76. The van der Waals surface area contributed by atoms with Crippen LogP contribution >= 0.6 is 0 Å². The minimum Gasteiger partial charge on any atom is -0.488 e. The summed E-state index contributed by atoms with van der Waals surface area (Å²) in [5.74, 6) is 0.716. The van der Waals surface area contributed by atoms with Crippen molar-refractivity contribution in [3.63, 3.8) is 0 Å². The molecule has 5 aromatic rings. The van der Waals surface area contributed by atoms with Crippen molar-refractivity contribution in [2.75, 3.05) is 0 Å². The van der Waals surface area contributed by atoms with E-state index in [-0.39, 0.29) is 5.56 Å². The van der Waals surface area contributed by atoms with Crippen molar-refractivity contribution in [1.82, 2.24) is 9.78 Å². The van der Waals surface area contributed by atoms with E-state index in [1.54, 1.807) is 0 Å². The fourth-order valence-electron chi connectivity index (χ4n) is 3.76. The highest BCUT2D eigenvalue weighted by molar-refractivity contribution is 5.84. The number of hydrogen-bond acceptors (Lipinski definition) is 2. The first-order chi connectivity index (χ1) is 15.7. The summed E-state index contributed by atoms with van der Waals surface area (Å²) < 4.78 is 7.58. The number of para-hydroxylation sites is 1. The number of nitrogens with one attached hydrogen (secondary N) is 1. The van der Waals surface area contributed by atoms with Gasteiger partial charge in [-0.05, 0) is 40.6 Å². The first-order valence-electron chi connectivity index (χ1n) is 10.5. The minimum atomic E-state index is -0.150. The number of H-pyrrole nitrogens is 1. The van der Waals surface area contributed by atoms with E-state index in [0.717, 1.165) is 27.6 Å². The Morgan fingerprint density at radius 3 is 2.41 bits per heavy atom. The summed E-state index contributed by atoms with van der Waals surface area (Å²) in [6, 6.07) is 31.7. The third-order valence-electron chi connectivity index (χ3n) is 5.45. The molecule has 1 heterocycles. The molecule has 0 spiro atoms. The SMILES string of the molecule is C=c1[nH]n(-c2ccc3ccccc3c2)c(=O)/c1=C\c1ccccc1OCc1ccccc1. The summed E-state index contributed by atoms with van der Waals surface area (Å²) in [4.78, 5) is 13.2. The second kappa shape index (κ2) is 8.44. The molecule has 0 saturated carbocycles. The summed E-state index contributed by atoms with van der Waals surface area (Å²) in [7, 11) is 0. The molecule has 0 saturated heterocycles. The van der Waals surface area contributed by atoms with E-state index >= 15 is 0 Å². The van der Waals surface area contributed by atoms with E-state index in [4.69, 9.17) is 4.74 Å². The van der Waals surface area contributed by atoms with Crippen LogP contribution < -0.4 is 20.9 Å². The summed E-state index contributed by atoms with van der Waals surface area (Å²) >= 11 is 0. The van der Waals surface area contributed by atoms with Crippen molar-refractivity contribution in [3.8, 4) is 11.4 Å². The summed E-state index contributed by atoms with van der Waals surface area (Å²) in [5, 5.41) is 6.38. The maximum atomic E-state index is 13.2. The molecule has 0 atom stereocenters. The van der Waals surface area contributed by atoms with E-state index in [2.05, 4.69) is 17.7 Å². The van der Waals surface area contributed by atoms with Gasteiger partial charge in [-0.1, -0.05) is 85.4 Å². The number of fused-ring (bicyclic) bond motifs is 1. The molecule has 4 heteroatoms. The zero-order valence-electron chi connectivity index (χ0n) is 17.5. The zero-order valence-corrected chi connectivity index (χ0v) is 17.5. The maximum absolute atomic E-state index is 13.2. The van der Waals surface area contributed by atoms with E-state index in [0.29, 0.717) is 22.9 Å². The fraction of sp³-hybridized carbons (Fsp3) is 0.0357. The van der Waals surface area contributed by atoms with Crippen LogP contribution in [0.1, 0.15) is 11.1 Å². The standard InChI is InChI=1S/C28H22N2O2/c1-20-26(18-24-13-7-8-14-27(24)32-19-21-9-3-2-4-10-21)28(31)30(29-20)25-16-15-22-11-5-6-12-23(22)17-25/h2-18,29H,1,19H2/b26-18-. The van der Waals surface area contributed by atoms with Crippen molar-refractivity contribution in [1.29, 1.82) is 0 Å². The maximum Gasteiger partial charge on any atom is 0.279 e. The van der Waals surface area contributed by atoms with E-state index in [1.807, 2.05) is 97.1 Å². The van der Waals surface area contributed by atoms with Crippen LogP contribution in [-0.2, 0) is 6.61 Å². The first-order valence-corrected chi connectivity index (χ1v) is 10.5. The lowest BCUT2D eigenvalue weighted by Crippen LogP contribution is -2.34. The van der Waals surface area contributed by atoms with Crippen molar-refractivity contribution in [2.45, 2.75) is 6.61 Å². The predicted octanol–water partition coefficient (Wildman–Crippen LogP) is 4.14. The van der Waals surface area contributed by atoms with Crippen LogP contribution in [0.5, 0.6) is 5.75 Å². The highest BCUT2D eigenvalue weighted by Crippen LogP contribution is 2.20. The van der Waals surface area contributed by atoms with Crippen LogP contribution in [0.25, 0.3) is 29.1 Å². The van der Waals surface area contributed by atoms with Gasteiger partial charge in [0, 0.05) is 5.56 Å². The van der Waals surface area contributed by atoms with Gasteiger partial charge in [0.05, 0.1) is 16.3 Å². The van der Waals surface area contributed by atoms with Gasteiger partial charge in [-0.25, -0.2) is 4.68 Å². The average Bonchev–Trinajstić information content (AvgIpc) is 3.12. The Bertz CT molecular complexity index is 1560. The van der Waals surface area contributed by atoms with Crippen molar-refractivity contribution in [3.05, 3.63) is 129 Å². The lowest BCUT2D eigenvalue weighted by atomic mass is 10.1. The highest BCUT2D eigenvalue weighted by Gasteiger charge is 2.08. The molecule has 4 nitrogen and oxygen atoms in total. The molecule has 0 aliphatic carbocycles. The van der Waals surface area contributed by atoms with Crippen molar-refractivity contribution >= 4 is 23.4 Å². The molecule has 0 aliphatic heterocycles. The summed E-state index contributed by atoms with van der Waals surface area (Å²) in [6.07, 6.45) is 1.83. The van der Waals surface area contributed by atoms with Gasteiger partial charge in [0.25, 0.3) is 5.56 Å². The second-order valence-corrected chi connectivity index (χ2v) is 7.63. The van der Waals surface area contributed by atoms with Crippen molar-refractivity contribution in [2.24, 2.45) is 0 Å². The predicted molar refractivity (Wildman–Crippen MR) is 129 cm³/mol. The van der Waals surface area contributed by atoms with Crippen LogP contribution in [0.2, 0.25) is 0 Å². The molecule has 0 bridgehead atoms. The van der Waals surface area contributed by atoms with Gasteiger partial charge in [0.15, 0.2) is 0 Å². The Morgan fingerprint density at radius 2 is 1.56 bits per heavy atom. The number of ether oxygens (including phenoxy) is 1. The lowest BCUT2D eigenvalue weighted by Gasteiger charge is -2.09. The molecule has 0 radical (unpaired) electrons. The largest absolute Gasteiger partial charge is 0.488 e. The third kappa shape index (κ3) is 3.86. The summed E-state index contributed by atoms with van der Waals surface area (Å²) in [6.45, 7) is 4.52. The Balaban J connectivity index is 1.53. The normalized spacial score (nSPS) is 11.7. The molecule has 32 heavy (non-hydrogen) atoms. The minimum absolute atomic E-state index is 0.150. The number of aromatic amines is 1. The monoisotopic (exact) mass is 418 g/mol. The number of rotatable bonds is 5. The van der Waals surface area contributed by atoms with Gasteiger partial charge in [-0.3, -0.25) is 9.89 Å². The van der Waals surface area contributed by atoms with Crippen LogP contribution in [0.4, 0.5) is 0 Å². The second-order valence-electron chi connectivity index (χ2n) is 7.63. The van der Waals surface area contributed by atoms with Gasteiger partial charge >= 0.3 is 0 Å². The quantitative estimate of drug-likeness (QED) is 0.466. The molecule has 5 rings (SSSR count). The Labute approximate surface area is 185 Å². The Morgan fingerprint density at radius 1 is 0.844 bits per heavy atom. The number of nitrogens with zero attached hydrogens (tertiary/aromatic N) is 1. The van der Waals surface area contributed by atoms with Gasteiger partial charge in [0.1, 0.15) is 12.4 Å². The molecule has 0 amide bonds. The molecule has 1 aromatic heterocycles. The molecule has 0 fully saturated rings. The van der Waals surface area contributed by atoms with Gasteiger partial charge in [0.2, 0.25) is 0 Å². The molecular weight excluding hydrogens is 396 g/mol. The van der Waals surface area contributed by atoms with Crippen LogP contribution in [-0.4, -0.2) is 9.78 Å². The lowest BCUT2D eigenvalue weighted by molar-refractivity contribution is 0.305. The van der Waals surface area contributed by atoms with Crippen LogP contribution in [0.15, 0.2) is 102 Å². The van der Waals surface area contributed by atoms with Crippen molar-refractivity contribution < 1.29 is 4.74 Å². The molecule has 1 N–H and O–H groups in total. The average molecular weight is 418 g/mol. The molecule has 0 aliphatic rings. The van der Waals surface area contributed by atoms with Gasteiger partial charge in [-0.15, -0.1) is 0 Å². The van der Waals surface area contributed by atoms with E-state index in [1.165, 1.54) is 4.68 Å². The smallest absolute Gasteiger partial charge is 0.279 e. The Kier molecular flexibility index (Phi) is 5.18. The first kappa shape index (κ1) is 19.6. The zero-order chi connectivity index (χ0) is 21.9.